The summed E-state index contributed by atoms with van der Waals surface area (Å²) in [5, 5.41) is 6.65. The fourth-order valence-electron chi connectivity index (χ4n) is 3.21. The molecule has 6 nitrogen and oxygen atoms in total. The molecule has 2 aromatic heterocycles. The molecule has 1 atom stereocenters. The van der Waals surface area contributed by atoms with Gasteiger partial charge in [-0.25, -0.2) is 4.39 Å². The highest BCUT2D eigenvalue weighted by atomic mass is 19.1. The van der Waals surface area contributed by atoms with E-state index in [0.717, 1.165) is 29.1 Å². The molecule has 0 bridgehead atoms. The summed E-state index contributed by atoms with van der Waals surface area (Å²) in [5.74, 6) is 0.197. The molecule has 1 fully saturated rings. The molecule has 1 unspecified atom stereocenters. The number of hydrogen-bond donors (Lipinski definition) is 1. The molecule has 2 aromatic rings. The van der Waals surface area contributed by atoms with Gasteiger partial charge in [0.15, 0.2) is 0 Å². The lowest BCUT2D eigenvalue weighted by molar-refractivity contribution is -0.137. The molecule has 1 aliphatic rings. The van der Waals surface area contributed by atoms with Gasteiger partial charge in [0.25, 0.3) is 5.91 Å². The van der Waals surface area contributed by atoms with Crippen LogP contribution in [0.15, 0.2) is 29.0 Å². The van der Waals surface area contributed by atoms with E-state index in [-0.39, 0.29) is 13.0 Å². The predicted molar refractivity (Wildman–Crippen MR) is 90.4 cm³/mol. The van der Waals surface area contributed by atoms with E-state index in [4.69, 9.17) is 4.52 Å². The van der Waals surface area contributed by atoms with Gasteiger partial charge in [0.2, 0.25) is 5.67 Å². The Labute approximate surface area is 146 Å². The Morgan fingerprint density at radius 1 is 1.40 bits per heavy atom. The number of carbonyl (C=O) groups excluding carboxylic acids is 1. The van der Waals surface area contributed by atoms with Gasteiger partial charge < -0.3 is 9.84 Å². The second-order valence-electron chi connectivity index (χ2n) is 6.62. The summed E-state index contributed by atoms with van der Waals surface area (Å²) in [5.41, 5.74) is 0.816. The van der Waals surface area contributed by atoms with Crippen LogP contribution < -0.4 is 5.32 Å². The maximum absolute atomic E-state index is 15.2. The Morgan fingerprint density at radius 3 is 2.84 bits per heavy atom. The number of nitrogens with zero attached hydrogens (tertiary/aromatic N) is 3. The maximum atomic E-state index is 15.2. The first-order chi connectivity index (χ1) is 12.0. The smallest absolute Gasteiger partial charge is 0.259 e. The van der Waals surface area contributed by atoms with Gasteiger partial charge in [0.1, 0.15) is 5.76 Å². The van der Waals surface area contributed by atoms with Crippen molar-refractivity contribution in [2.75, 3.05) is 13.1 Å². The van der Waals surface area contributed by atoms with Crippen LogP contribution >= 0.6 is 0 Å². The fourth-order valence-corrected chi connectivity index (χ4v) is 3.21. The summed E-state index contributed by atoms with van der Waals surface area (Å²) in [4.78, 5) is 18.3. The van der Waals surface area contributed by atoms with Crippen LogP contribution in [-0.2, 0) is 17.9 Å². The van der Waals surface area contributed by atoms with Gasteiger partial charge in [-0.1, -0.05) is 5.16 Å². The molecular formula is C18H23FN4O2. The second-order valence-corrected chi connectivity index (χ2v) is 6.62. The van der Waals surface area contributed by atoms with Crippen molar-refractivity contribution in [1.82, 2.24) is 20.4 Å². The highest BCUT2D eigenvalue weighted by molar-refractivity contribution is 5.85. The Hall–Kier alpha value is -2.28. The van der Waals surface area contributed by atoms with Crippen molar-refractivity contribution in [3.8, 4) is 0 Å². The monoisotopic (exact) mass is 346 g/mol. The van der Waals surface area contributed by atoms with Gasteiger partial charge in [0, 0.05) is 37.6 Å². The van der Waals surface area contributed by atoms with Gasteiger partial charge in [-0.05, 0) is 50.9 Å². The number of rotatable bonds is 5. The first kappa shape index (κ1) is 17.5. The fraction of sp³-hybridized carbons (Fsp3) is 0.500. The van der Waals surface area contributed by atoms with Crippen LogP contribution in [0, 0.1) is 13.8 Å². The minimum absolute atomic E-state index is 0.0826. The topological polar surface area (TPSA) is 71.3 Å². The van der Waals surface area contributed by atoms with E-state index in [1.54, 1.807) is 24.5 Å². The molecule has 0 spiro atoms. The van der Waals surface area contributed by atoms with Crippen LogP contribution in [0.2, 0.25) is 0 Å². The van der Waals surface area contributed by atoms with Crippen LogP contribution in [0.1, 0.15) is 35.4 Å². The Balaban J connectivity index is 1.61. The molecule has 1 N–H and O–H groups in total. The molecular weight excluding hydrogens is 323 g/mol. The van der Waals surface area contributed by atoms with E-state index >= 15 is 4.39 Å². The van der Waals surface area contributed by atoms with Crippen molar-refractivity contribution >= 4 is 5.91 Å². The lowest BCUT2D eigenvalue weighted by Crippen LogP contribution is -2.54. The van der Waals surface area contributed by atoms with E-state index in [1.165, 1.54) is 0 Å². The van der Waals surface area contributed by atoms with Crippen LogP contribution in [0.4, 0.5) is 4.39 Å². The summed E-state index contributed by atoms with van der Waals surface area (Å²) in [6, 6.07) is 3.60. The minimum Gasteiger partial charge on any atom is -0.361 e. The Kier molecular flexibility index (Phi) is 5.13. The molecule has 3 heterocycles. The summed E-state index contributed by atoms with van der Waals surface area (Å²) in [7, 11) is 0. The number of aryl methyl sites for hydroxylation is 2. The maximum Gasteiger partial charge on any atom is 0.259 e. The lowest BCUT2D eigenvalue weighted by atomic mass is 9.93. The zero-order valence-corrected chi connectivity index (χ0v) is 14.6. The molecule has 1 saturated heterocycles. The van der Waals surface area contributed by atoms with Crippen LogP contribution in [0.25, 0.3) is 0 Å². The van der Waals surface area contributed by atoms with E-state index in [0.29, 0.717) is 19.5 Å². The first-order valence-corrected chi connectivity index (χ1v) is 8.48. The molecule has 0 aromatic carbocycles. The number of piperidine rings is 1. The van der Waals surface area contributed by atoms with E-state index < -0.39 is 11.6 Å². The number of likely N-dealkylation sites (tertiary alicyclic amines) is 1. The highest BCUT2D eigenvalue weighted by Gasteiger charge is 2.42. The molecule has 0 aliphatic carbocycles. The number of amides is 1. The third kappa shape index (κ3) is 4.04. The number of alkyl halides is 1. The van der Waals surface area contributed by atoms with Crippen molar-refractivity contribution in [3.05, 3.63) is 47.1 Å². The van der Waals surface area contributed by atoms with E-state index in [1.807, 2.05) is 18.7 Å². The van der Waals surface area contributed by atoms with Crippen LogP contribution in [-0.4, -0.2) is 39.7 Å². The highest BCUT2D eigenvalue weighted by Crippen LogP contribution is 2.28. The molecule has 134 valence electrons. The van der Waals surface area contributed by atoms with Gasteiger partial charge in [-0.2, -0.15) is 0 Å². The molecule has 0 saturated carbocycles. The Bertz CT molecular complexity index is 714. The SMILES string of the molecule is Cc1noc(C)c1CN1CCCC(F)(C(=O)NCc2ccncc2)C1. The molecule has 1 amide bonds. The molecule has 3 rings (SSSR count). The van der Waals surface area contributed by atoms with E-state index in [9.17, 15) is 4.79 Å². The predicted octanol–water partition coefficient (Wildman–Crippen LogP) is 2.31. The lowest BCUT2D eigenvalue weighted by Gasteiger charge is -2.36. The van der Waals surface area contributed by atoms with E-state index in [2.05, 4.69) is 15.5 Å². The van der Waals surface area contributed by atoms with Gasteiger partial charge in [-0.3, -0.25) is 14.7 Å². The number of nitrogens with one attached hydrogen (secondary N) is 1. The number of aromatic nitrogens is 2. The summed E-state index contributed by atoms with van der Waals surface area (Å²) in [6.45, 7) is 5.41. The van der Waals surface area contributed by atoms with Crippen LogP contribution in [0.3, 0.4) is 0 Å². The third-order valence-corrected chi connectivity index (χ3v) is 4.69. The van der Waals surface area contributed by atoms with Gasteiger partial charge >= 0.3 is 0 Å². The molecule has 7 heteroatoms. The van der Waals surface area contributed by atoms with Crippen LogP contribution in [0.5, 0.6) is 0 Å². The summed E-state index contributed by atoms with van der Waals surface area (Å²) < 4.78 is 20.4. The molecule has 0 radical (unpaired) electrons. The van der Waals surface area contributed by atoms with Crippen molar-refractivity contribution in [2.24, 2.45) is 0 Å². The quantitative estimate of drug-likeness (QED) is 0.899. The van der Waals surface area contributed by atoms with Gasteiger partial charge in [-0.15, -0.1) is 0 Å². The van der Waals surface area contributed by atoms with Crippen molar-refractivity contribution in [2.45, 2.75) is 45.4 Å². The first-order valence-electron chi connectivity index (χ1n) is 8.48. The Morgan fingerprint density at radius 2 is 2.16 bits per heavy atom. The average Bonchev–Trinajstić information content (AvgIpc) is 2.92. The zero-order valence-electron chi connectivity index (χ0n) is 14.6. The number of pyridine rings is 1. The molecule has 1 aliphatic heterocycles. The zero-order chi connectivity index (χ0) is 17.9. The van der Waals surface area contributed by atoms with Crippen molar-refractivity contribution in [1.29, 1.82) is 0 Å². The second kappa shape index (κ2) is 7.31. The summed E-state index contributed by atoms with van der Waals surface area (Å²) >= 11 is 0. The van der Waals surface area contributed by atoms with Crippen molar-refractivity contribution in [3.63, 3.8) is 0 Å². The minimum atomic E-state index is -1.87. The molecule has 25 heavy (non-hydrogen) atoms. The average molecular weight is 346 g/mol. The summed E-state index contributed by atoms with van der Waals surface area (Å²) in [6.07, 6.45) is 4.19. The largest absolute Gasteiger partial charge is 0.361 e. The normalized spacial score (nSPS) is 21.2. The number of halogens is 1. The number of hydrogen-bond acceptors (Lipinski definition) is 5. The standard InChI is InChI=1S/C18H23FN4O2/c1-13-16(14(2)25-22-13)11-23-9-3-6-18(19,12-23)17(24)21-10-15-4-7-20-8-5-15/h4-5,7-8H,3,6,9-12H2,1-2H3,(H,21,24). The van der Waals surface area contributed by atoms with Gasteiger partial charge in [0.05, 0.1) is 5.69 Å². The number of carbonyl (C=O) groups is 1. The van der Waals surface area contributed by atoms with Crippen molar-refractivity contribution < 1.29 is 13.7 Å². The third-order valence-electron chi connectivity index (χ3n) is 4.69.